The van der Waals surface area contributed by atoms with Crippen LogP contribution in [0.2, 0.25) is 0 Å². The Kier molecular flexibility index (Phi) is 6.45. The van der Waals surface area contributed by atoms with Crippen molar-refractivity contribution in [3.63, 3.8) is 0 Å². The number of aromatic nitrogens is 3. The Bertz CT molecular complexity index is 1130. The Balaban J connectivity index is 1.51. The SMILES string of the molecule is COCCOC(=O)Nc1cnc2nc(-c3cc(NC(=O)N4CCCC4)ccc3F)cn2c1. The van der Waals surface area contributed by atoms with Gasteiger partial charge in [0.15, 0.2) is 0 Å². The number of imidazole rings is 1. The van der Waals surface area contributed by atoms with Crippen molar-refractivity contribution in [3.8, 4) is 11.3 Å². The molecule has 3 heterocycles. The van der Waals surface area contributed by atoms with Gasteiger partial charge in [-0.3, -0.25) is 9.72 Å². The number of likely N-dealkylation sites (tertiary alicyclic amines) is 1. The first-order valence-electron chi connectivity index (χ1n) is 10.2. The van der Waals surface area contributed by atoms with Gasteiger partial charge in [0.1, 0.15) is 12.4 Å². The third-order valence-corrected chi connectivity index (χ3v) is 4.96. The molecule has 0 atom stereocenters. The topological polar surface area (TPSA) is 110 Å². The van der Waals surface area contributed by atoms with Crippen LogP contribution in [-0.2, 0) is 9.47 Å². The minimum atomic E-state index is -0.643. The van der Waals surface area contributed by atoms with Crippen LogP contribution in [0.4, 0.5) is 25.4 Å². The maximum atomic E-state index is 14.5. The van der Waals surface area contributed by atoms with Crippen molar-refractivity contribution in [1.82, 2.24) is 19.3 Å². The van der Waals surface area contributed by atoms with E-state index in [9.17, 15) is 14.0 Å². The molecular weight excluding hydrogens is 419 g/mol. The van der Waals surface area contributed by atoms with Crippen LogP contribution in [0.15, 0.2) is 36.8 Å². The number of nitrogens with zero attached hydrogens (tertiary/aromatic N) is 4. The summed E-state index contributed by atoms with van der Waals surface area (Å²) in [5.41, 5.74) is 1.43. The second-order valence-electron chi connectivity index (χ2n) is 7.25. The Morgan fingerprint density at radius 2 is 1.94 bits per heavy atom. The summed E-state index contributed by atoms with van der Waals surface area (Å²) in [5.74, 6) is -0.156. The molecule has 1 aliphatic rings. The highest BCUT2D eigenvalue weighted by Crippen LogP contribution is 2.26. The number of halogens is 1. The Morgan fingerprint density at radius 3 is 2.72 bits per heavy atom. The number of rotatable bonds is 6. The second kappa shape index (κ2) is 9.60. The van der Waals surface area contributed by atoms with E-state index in [1.54, 1.807) is 21.7 Å². The number of urea groups is 1. The van der Waals surface area contributed by atoms with Crippen LogP contribution >= 0.6 is 0 Å². The van der Waals surface area contributed by atoms with E-state index in [1.807, 2.05) is 0 Å². The van der Waals surface area contributed by atoms with Gasteiger partial charge in [-0.2, -0.15) is 0 Å². The zero-order valence-electron chi connectivity index (χ0n) is 17.5. The van der Waals surface area contributed by atoms with Gasteiger partial charge in [-0.15, -0.1) is 0 Å². The molecule has 0 aliphatic carbocycles. The van der Waals surface area contributed by atoms with E-state index in [2.05, 4.69) is 20.6 Å². The van der Waals surface area contributed by atoms with Crippen molar-refractivity contribution in [2.45, 2.75) is 12.8 Å². The average Bonchev–Trinajstić information content (AvgIpc) is 3.45. The van der Waals surface area contributed by atoms with Gasteiger partial charge in [-0.1, -0.05) is 0 Å². The summed E-state index contributed by atoms with van der Waals surface area (Å²) in [5, 5.41) is 5.36. The molecule has 168 valence electrons. The minimum Gasteiger partial charge on any atom is -0.447 e. The molecule has 2 N–H and O–H groups in total. The van der Waals surface area contributed by atoms with Gasteiger partial charge in [0.05, 0.1) is 24.2 Å². The number of nitrogens with one attached hydrogen (secondary N) is 2. The van der Waals surface area contributed by atoms with Crippen molar-refractivity contribution >= 4 is 29.3 Å². The number of hydrogen-bond acceptors (Lipinski definition) is 6. The van der Waals surface area contributed by atoms with Crippen molar-refractivity contribution in [1.29, 1.82) is 0 Å². The smallest absolute Gasteiger partial charge is 0.411 e. The normalized spacial score (nSPS) is 13.4. The molecule has 1 aliphatic heterocycles. The van der Waals surface area contributed by atoms with Crippen LogP contribution in [-0.4, -0.2) is 64.8 Å². The number of amides is 3. The highest BCUT2D eigenvalue weighted by molar-refractivity contribution is 5.90. The van der Waals surface area contributed by atoms with Crippen molar-refractivity contribution < 1.29 is 23.5 Å². The molecule has 0 unspecified atom stereocenters. The third-order valence-electron chi connectivity index (χ3n) is 4.96. The maximum Gasteiger partial charge on any atom is 0.411 e. The maximum absolute atomic E-state index is 14.5. The van der Waals surface area contributed by atoms with E-state index in [-0.39, 0.29) is 18.2 Å². The van der Waals surface area contributed by atoms with Crippen LogP contribution in [0.25, 0.3) is 17.0 Å². The highest BCUT2D eigenvalue weighted by atomic mass is 19.1. The molecule has 1 aromatic carbocycles. The molecule has 2 aromatic heterocycles. The average molecular weight is 442 g/mol. The molecule has 32 heavy (non-hydrogen) atoms. The Labute approximate surface area is 183 Å². The lowest BCUT2D eigenvalue weighted by Crippen LogP contribution is -2.32. The quantitative estimate of drug-likeness (QED) is 0.567. The van der Waals surface area contributed by atoms with E-state index in [0.717, 1.165) is 12.8 Å². The number of fused-ring (bicyclic) bond motifs is 1. The fourth-order valence-corrected chi connectivity index (χ4v) is 3.37. The van der Waals surface area contributed by atoms with Gasteiger partial charge in [0.25, 0.3) is 0 Å². The molecular formula is C21H23FN6O4. The number of carbonyl (C=O) groups is 2. The first-order valence-corrected chi connectivity index (χ1v) is 10.2. The van der Waals surface area contributed by atoms with Gasteiger partial charge < -0.3 is 19.7 Å². The summed E-state index contributed by atoms with van der Waals surface area (Å²) >= 11 is 0. The standard InChI is InChI=1S/C21H23FN6O4/c1-31-8-9-32-21(30)25-15-11-23-19-26-18(13-28(19)12-15)16-10-14(4-5-17(16)22)24-20(29)27-6-2-3-7-27/h4-5,10-13H,2-3,6-9H2,1H3,(H,24,29)(H,25,30). The molecule has 4 rings (SSSR count). The van der Waals surface area contributed by atoms with Gasteiger partial charge in [0, 0.05) is 43.8 Å². The fourth-order valence-electron chi connectivity index (χ4n) is 3.37. The van der Waals surface area contributed by atoms with Crippen LogP contribution in [0.3, 0.4) is 0 Å². The monoisotopic (exact) mass is 442 g/mol. The first-order chi connectivity index (χ1) is 15.5. The van der Waals surface area contributed by atoms with Crippen molar-refractivity contribution in [2.75, 3.05) is 44.0 Å². The van der Waals surface area contributed by atoms with Gasteiger partial charge >= 0.3 is 12.1 Å². The predicted molar refractivity (Wildman–Crippen MR) is 115 cm³/mol. The molecule has 10 nitrogen and oxygen atoms in total. The van der Waals surface area contributed by atoms with Crippen LogP contribution in [0.5, 0.6) is 0 Å². The number of ether oxygens (including phenoxy) is 2. The lowest BCUT2D eigenvalue weighted by Gasteiger charge is -2.16. The first kappa shape index (κ1) is 21.5. The van der Waals surface area contributed by atoms with Crippen LogP contribution < -0.4 is 10.6 Å². The molecule has 1 saturated heterocycles. The number of methoxy groups -OCH3 is 1. The van der Waals surface area contributed by atoms with Gasteiger partial charge in [-0.05, 0) is 31.0 Å². The summed E-state index contributed by atoms with van der Waals surface area (Å²) in [6, 6.07) is 4.13. The summed E-state index contributed by atoms with van der Waals surface area (Å²) in [7, 11) is 1.51. The minimum absolute atomic E-state index is 0.122. The van der Waals surface area contributed by atoms with Crippen LogP contribution in [0.1, 0.15) is 12.8 Å². The third kappa shape index (κ3) is 4.94. The largest absolute Gasteiger partial charge is 0.447 e. The molecule has 3 amide bonds. The van der Waals surface area contributed by atoms with Crippen molar-refractivity contribution in [2.24, 2.45) is 0 Å². The molecule has 1 fully saturated rings. The second-order valence-corrected chi connectivity index (χ2v) is 7.25. The highest BCUT2D eigenvalue weighted by Gasteiger charge is 2.19. The Morgan fingerprint density at radius 1 is 1.12 bits per heavy atom. The summed E-state index contributed by atoms with van der Waals surface area (Å²) < 4.78 is 25.9. The molecule has 3 aromatic rings. The number of hydrogen-bond donors (Lipinski definition) is 2. The lowest BCUT2D eigenvalue weighted by molar-refractivity contribution is 0.107. The van der Waals surface area contributed by atoms with Gasteiger partial charge in [0.2, 0.25) is 5.78 Å². The molecule has 0 radical (unpaired) electrons. The predicted octanol–water partition coefficient (Wildman–Crippen LogP) is 3.36. The van der Waals surface area contributed by atoms with Crippen LogP contribution in [0, 0.1) is 5.82 Å². The fraction of sp³-hybridized carbons (Fsp3) is 0.333. The number of benzene rings is 1. The van der Waals surface area contributed by atoms with E-state index in [1.165, 1.54) is 31.5 Å². The number of carbonyl (C=O) groups excluding carboxylic acids is 2. The summed E-state index contributed by atoms with van der Waals surface area (Å²) in [4.78, 5) is 34.4. The molecule has 0 spiro atoms. The van der Waals surface area contributed by atoms with E-state index < -0.39 is 11.9 Å². The molecule has 11 heteroatoms. The van der Waals surface area contributed by atoms with E-state index in [4.69, 9.17) is 9.47 Å². The molecule has 0 saturated carbocycles. The van der Waals surface area contributed by atoms with E-state index in [0.29, 0.717) is 42.5 Å². The van der Waals surface area contributed by atoms with E-state index >= 15 is 0 Å². The van der Waals surface area contributed by atoms with Crippen molar-refractivity contribution in [3.05, 3.63) is 42.6 Å². The summed E-state index contributed by atoms with van der Waals surface area (Å²) in [6.07, 6.45) is 5.93. The summed E-state index contributed by atoms with van der Waals surface area (Å²) in [6.45, 7) is 1.85. The lowest BCUT2D eigenvalue weighted by atomic mass is 10.1. The van der Waals surface area contributed by atoms with Gasteiger partial charge in [-0.25, -0.2) is 23.9 Å². The Hall–Kier alpha value is -3.73. The molecule has 0 bridgehead atoms. The zero-order chi connectivity index (χ0) is 22.5. The number of anilines is 2. The zero-order valence-corrected chi connectivity index (χ0v) is 17.5.